The highest BCUT2D eigenvalue weighted by Crippen LogP contribution is 2.30. The standard InChI is InChI=1S/C16H11ClFN5O2/c17-15-14(22-16(25)9-2-1-3-11(18)6-9)13(20-8-21-15)10-4-5-12(24)23(19)7-10/h1-8H,19H2,(H,22,25). The number of halogens is 2. The lowest BCUT2D eigenvalue weighted by Gasteiger charge is -2.12. The topological polar surface area (TPSA) is 103 Å². The fourth-order valence-electron chi connectivity index (χ4n) is 2.15. The fraction of sp³-hybridized carbons (Fsp3) is 0. The van der Waals surface area contributed by atoms with Crippen LogP contribution in [0.1, 0.15) is 10.4 Å². The van der Waals surface area contributed by atoms with Gasteiger partial charge in [-0.3, -0.25) is 9.59 Å². The number of amides is 1. The van der Waals surface area contributed by atoms with Gasteiger partial charge in [0, 0.05) is 23.4 Å². The number of hydrogen-bond acceptors (Lipinski definition) is 5. The molecule has 0 aliphatic heterocycles. The van der Waals surface area contributed by atoms with Gasteiger partial charge in [0.15, 0.2) is 5.15 Å². The number of pyridine rings is 1. The number of hydrogen-bond donors (Lipinski definition) is 2. The molecule has 0 saturated heterocycles. The normalized spacial score (nSPS) is 10.5. The Morgan fingerprint density at radius 3 is 2.76 bits per heavy atom. The molecule has 0 atom stereocenters. The van der Waals surface area contributed by atoms with Crippen LogP contribution in [0, 0.1) is 5.82 Å². The lowest BCUT2D eigenvalue weighted by atomic mass is 10.1. The predicted octanol–water partition coefficient (Wildman–Crippen LogP) is 2.06. The molecule has 0 radical (unpaired) electrons. The van der Waals surface area contributed by atoms with Crippen LogP contribution in [0.15, 0.2) is 53.7 Å². The SMILES string of the molecule is Nn1cc(-c2ncnc(Cl)c2NC(=O)c2cccc(F)c2)ccc1=O. The molecule has 0 bridgehead atoms. The molecule has 0 fully saturated rings. The van der Waals surface area contributed by atoms with Crippen LogP contribution in [-0.2, 0) is 0 Å². The van der Waals surface area contributed by atoms with E-state index in [-0.39, 0.29) is 22.1 Å². The summed E-state index contributed by atoms with van der Waals surface area (Å²) in [7, 11) is 0. The molecule has 25 heavy (non-hydrogen) atoms. The number of nitrogens with two attached hydrogens (primary N) is 1. The van der Waals surface area contributed by atoms with Crippen molar-refractivity contribution < 1.29 is 9.18 Å². The summed E-state index contributed by atoms with van der Waals surface area (Å²) in [4.78, 5) is 31.7. The van der Waals surface area contributed by atoms with Crippen LogP contribution in [0.2, 0.25) is 5.15 Å². The molecule has 2 aromatic heterocycles. The third-order valence-corrected chi connectivity index (χ3v) is 3.62. The van der Waals surface area contributed by atoms with E-state index >= 15 is 0 Å². The number of nitrogens with one attached hydrogen (secondary N) is 1. The Labute approximate surface area is 145 Å². The van der Waals surface area contributed by atoms with E-state index in [1.165, 1.54) is 42.9 Å². The van der Waals surface area contributed by atoms with E-state index < -0.39 is 17.3 Å². The van der Waals surface area contributed by atoms with Crippen LogP contribution in [0.5, 0.6) is 0 Å². The molecule has 1 aromatic carbocycles. The summed E-state index contributed by atoms with van der Waals surface area (Å²) < 4.78 is 14.2. The summed E-state index contributed by atoms with van der Waals surface area (Å²) >= 11 is 6.07. The van der Waals surface area contributed by atoms with E-state index in [1.807, 2.05) is 0 Å². The van der Waals surface area contributed by atoms with Gasteiger partial charge in [0.25, 0.3) is 11.5 Å². The first-order valence-corrected chi connectivity index (χ1v) is 7.39. The first-order chi connectivity index (χ1) is 12.0. The first-order valence-electron chi connectivity index (χ1n) is 7.01. The number of anilines is 1. The van der Waals surface area contributed by atoms with Crippen molar-refractivity contribution >= 4 is 23.2 Å². The van der Waals surface area contributed by atoms with Crippen LogP contribution in [-0.4, -0.2) is 20.6 Å². The molecule has 3 aromatic rings. The third kappa shape index (κ3) is 3.48. The number of rotatable bonds is 3. The molecule has 3 N–H and O–H groups in total. The van der Waals surface area contributed by atoms with Crippen LogP contribution in [0.4, 0.5) is 10.1 Å². The van der Waals surface area contributed by atoms with Crippen molar-refractivity contribution in [1.82, 2.24) is 14.6 Å². The maximum absolute atomic E-state index is 13.3. The third-order valence-electron chi connectivity index (χ3n) is 3.34. The zero-order valence-corrected chi connectivity index (χ0v) is 13.4. The number of aromatic nitrogens is 3. The molecule has 0 saturated carbocycles. The van der Waals surface area contributed by atoms with Gasteiger partial charge in [-0.1, -0.05) is 17.7 Å². The summed E-state index contributed by atoms with van der Waals surface area (Å²) in [6.07, 6.45) is 2.56. The van der Waals surface area contributed by atoms with Gasteiger partial charge in [-0.25, -0.2) is 19.0 Å². The van der Waals surface area contributed by atoms with Crippen molar-refractivity contribution in [1.29, 1.82) is 0 Å². The Bertz CT molecular complexity index is 1020. The number of nitrogens with zero attached hydrogens (tertiary/aromatic N) is 3. The van der Waals surface area contributed by atoms with Gasteiger partial charge in [-0.15, -0.1) is 0 Å². The number of carbonyl (C=O) groups excluding carboxylic acids is 1. The molecule has 0 aliphatic rings. The van der Waals surface area contributed by atoms with Gasteiger partial charge in [0.05, 0.1) is 0 Å². The highest BCUT2D eigenvalue weighted by molar-refractivity contribution is 6.33. The van der Waals surface area contributed by atoms with E-state index in [1.54, 1.807) is 0 Å². The average molecular weight is 360 g/mol. The zero-order valence-electron chi connectivity index (χ0n) is 12.6. The van der Waals surface area contributed by atoms with Gasteiger partial charge >= 0.3 is 0 Å². The van der Waals surface area contributed by atoms with Crippen LogP contribution < -0.4 is 16.7 Å². The molecule has 0 spiro atoms. The van der Waals surface area contributed by atoms with E-state index in [9.17, 15) is 14.0 Å². The molecule has 7 nitrogen and oxygen atoms in total. The van der Waals surface area contributed by atoms with Gasteiger partial charge in [-0.2, -0.15) is 0 Å². The summed E-state index contributed by atoms with van der Waals surface area (Å²) in [5, 5.41) is 2.55. The minimum Gasteiger partial charge on any atom is -0.336 e. The molecule has 0 aliphatic carbocycles. The molecular formula is C16H11ClFN5O2. The second kappa shape index (κ2) is 6.70. The van der Waals surface area contributed by atoms with Crippen LogP contribution >= 0.6 is 11.6 Å². The average Bonchev–Trinajstić information content (AvgIpc) is 2.59. The fourth-order valence-corrected chi connectivity index (χ4v) is 2.33. The number of benzene rings is 1. The second-order valence-corrected chi connectivity index (χ2v) is 5.37. The summed E-state index contributed by atoms with van der Waals surface area (Å²) in [6.45, 7) is 0. The van der Waals surface area contributed by atoms with Gasteiger partial charge in [0.1, 0.15) is 23.5 Å². The first kappa shape index (κ1) is 16.6. The highest BCUT2D eigenvalue weighted by Gasteiger charge is 2.16. The minimum atomic E-state index is -0.585. The Balaban J connectivity index is 2.03. The highest BCUT2D eigenvalue weighted by atomic mass is 35.5. The lowest BCUT2D eigenvalue weighted by Crippen LogP contribution is -2.25. The molecule has 1 amide bonds. The van der Waals surface area contributed by atoms with E-state index in [4.69, 9.17) is 17.4 Å². The van der Waals surface area contributed by atoms with Crippen LogP contribution in [0.25, 0.3) is 11.3 Å². The predicted molar refractivity (Wildman–Crippen MR) is 91.2 cm³/mol. The zero-order chi connectivity index (χ0) is 18.0. The lowest BCUT2D eigenvalue weighted by molar-refractivity contribution is 0.102. The Morgan fingerprint density at radius 1 is 1.24 bits per heavy atom. The van der Waals surface area contributed by atoms with Crippen molar-refractivity contribution in [2.24, 2.45) is 0 Å². The summed E-state index contributed by atoms with van der Waals surface area (Å²) in [5.41, 5.74) is 0.533. The monoisotopic (exact) mass is 359 g/mol. The Morgan fingerprint density at radius 2 is 2.04 bits per heavy atom. The van der Waals surface area contributed by atoms with E-state index in [2.05, 4.69) is 15.3 Å². The molecule has 0 unspecified atom stereocenters. The summed E-state index contributed by atoms with van der Waals surface area (Å²) in [6, 6.07) is 7.93. The molecular weight excluding hydrogens is 349 g/mol. The van der Waals surface area contributed by atoms with E-state index in [0.29, 0.717) is 5.56 Å². The van der Waals surface area contributed by atoms with Gasteiger partial charge in [0.2, 0.25) is 0 Å². The Kier molecular flexibility index (Phi) is 4.44. The van der Waals surface area contributed by atoms with Gasteiger partial charge in [-0.05, 0) is 24.3 Å². The van der Waals surface area contributed by atoms with Crippen molar-refractivity contribution in [2.75, 3.05) is 11.2 Å². The van der Waals surface area contributed by atoms with Gasteiger partial charge < -0.3 is 11.2 Å². The largest absolute Gasteiger partial charge is 0.336 e. The Hall–Kier alpha value is -3.26. The van der Waals surface area contributed by atoms with Crippen molar-refractivity contribution in [2.45, 2.75) is 0 Å². The van der Waals surface area contributed by atoms with Crippen LogP contribution in [0.3, 0.4) is 0 Å². The maximum atomic E-state index is 13.3. The van der Waals surface area contributed by atoms with Crippen molar-refractivity contribution in [3.63, 3.8) is 0 Å². The van der Waals surface area contributed by atoms with E-state index in [0.717, 1.165) is 10.7 Å². The molecule has 3 rings (SSSR count). The quantitative estimate of drug-likeness (QED) is 0.550. The smallest absolute Gasteiger partial charge is 0.268 e. The number of carbonyl (C=O) groups is 1. The summed E-state index contributed by atoms with van der Waals surface area (Å²) in [5.74, 6) is 4.43. The minimum absolute atomic E-state index is 0.00970. The second-order valence-electron chi connectivity index (χ2n) is 5.02. The molecule has 126 valence electrons. The molecule has 2 heterocycles. The molecule has 9 heteroatoms. The number of nitrogen functional groups attached to an aromatic ring is 1. The van der Waals surface area contributed by atoms with Crippen molar-refractivity contribution in [3.8, 4) is 11.3 Å². The maximum Gasteiger partial charge on any atom is 0.268 e. The van der Waals surface area contributed by atoms with Crippen molar-refractivity contribution in [3.05, 3.63) is 75.8 Å².